The summed E-state index contributed by atoms with van der Waals surface area (Å²) in [5.74, 6) is 0. The molecule has 0 aliphatic carbocycles. The van der Waals surface area contributed by atoms with Crippen LogP contribution >= 0.6 is 15.9 Å². The highest BCUT2D eigenvalue weighted by atomic mass is 79.9. The largest absolute Gasteiger partial charge is 0.741 e. The maximum atomic E-state index is 10.7. The highest BCUT2D eigenvalue weighted by molar-refractivity contribution is 9.10. The van der Waals surface area contributed by atoms with Gasteiger partial charge in [-0.05, 0) is 15.9 Å². The van der Waals surface area contributed by atoms with E-state index in [4.69, 9.17) is 13.0 Å². The summed E-state index contributed by atoms with van der Waals surface area (Å²) >= 11 is 3.33. The van der Waals surface area contributed by atoms with Gasteiger partial charge in [0.1, 0.15) is 5.69 Å². The van der Waals surface area contributed by atoms with Gasteiger partial charge in [-0.25, -0.2) is 8.42 Å². The number of quaternary nitrogens is 1. The molecule has 0 aliphatic rings. The molecule has 0 unspecified atom stereocenters. The first kappa shape index (κ1) is 20.8. The van der Waals surface area contributed by atoms with Crippen molar-refractivity contribution in [1.82, 2.24) is 4.48 Å². The molecule has 12 heteroatoms. The number of nitrogens with zero attached hydrogens (tertiary/aromatic N) is 2. The summed E-state index contributed by atoms with van der Waals surface area (Å²) in [5.41, 5.74) is -4.53. The lowest BCUT2D eigenvalue weighted by Crippen LogP contribution is -2.35. The highest BCUT2D eigenvalue weighted by Crippen LogP contribution is 2.31. The SMILES string of the molecule is C[N+](C)(C)c1ccc([N+](=O)[O-])cc1Br.O=S(=O)([O-])C(F)(F)F. The van der Waals surface area contributed by atoms with E-state index in [0.29, 0.717) is 4.48 Å². The first-order valence-corrected chi connectivity index (χ1v) is 7.55. The van der Waals surface area contributed by atoms with E-state index in [1.807, 2.05) is 21.1 Å². The molecule has 22 heavy (non-hydrogen) atoms. The molecule has 0 saturated carbocycles. The van der Waals surface area contributed by atoms with Gasteiger partial charge in [-0.3, -0.25) is 14.6 Å². The van der Waals surface area contributed by atoms with E-state index in [-0.39, 0.29) is 5.69 Å². The zero-order valence-corrected chi connectivity index (χ0v) is 14.0. The molecule has 0 fully saturated rings. The van der Waals surface area contributed by atoms with Gasteiger partial charge < -0.3 is 4.55 Å². The van der Waals surface area contributed by atoms with Crippen LogP contribution < -0.4 is 4.48 Å². The summed E-state index contributed by atoms with van der Waals surface area (Å²) in [5, 5.41) is 10.5. The van der Waals surface area contributed by atoms with Crippen molar-refractivity contribution < 1.29 is 31.1 Å². The van der Waals surface area contributed by atoms with Gasteiger partial charge in [-0.15, -0.1) is 0 Å². The Hall–Kier alpha value is -1.24. The molecule has 0 bridgehead atoms. The van der Waals surface area contributed by atoms with Crippen molar-refractivity contribution in [3.63, 3.8) is 0 Å². The van der Waals surface area contributed by atoms with Gasteiger partial charge in [0, 0.05) is 18.2 Å². The van der Waals surface area contributed by atoms with E-state index in [9.17, 15) is 23.3 Å². The quantitative estimate of drug-likeness (QED) is 0.246. The van der Waals surface area contributed by atoms with Crippen molar-refractivity contribution in [2.45, 2.75) is 5.51 Å². The predicted molar refractivity (Wildman–Crippen MR) is 76.1 cm³/mol. The first-order valence-electron chi connectivity index (χ1n) is 5.35. The van der Waals surface area contributed by atoms with Crippen LogP contribution in [0.4, 0.5) is 24.5 Å². The van der Waals surface area contributed by atoms with Crippen LogP contribution in [-0.4, -0.2) is 44.5 Å². The lowest BCUT2D eigenvalue weighted by molar-refractivity contribution is -0.384. The molecular weight excluding hydrogens is 397 g/mol. The molecule has 0 radical (unpaired) electrons. The second-order valence-corrected chi connectivity index (χ2v) is 7.03. The minimum atomic E-state index is -6.09. The lowest BCUT2D eigenvalue weighted by Gasteiger charge is -2.24. The third kappa shape index (κ3) is 6.25. The number of halogens is 4. The van der Waals surface area contributed by atoms with Gasteiger partial charge >= 0.3 is 5.51 Å². The normalized spacial score (nSPS) is 12.4. The van der Waals surface area contributed by atoms with E-state index in [0.717, 1.165) is 10.2 Å². The highest BCUT2D eigenvalue weighted by Gasteiger charge is 2.36. The summed E-state index contributed by atoms with van der Waals surface area (Å²) < 4.78 is 60.3. The minimum absolute atomic E-state index is 0.106. The fraction of sp³-hybridized carbons (Fsp3) is 0.400. The smallest absolute Gasteiger partial charge is 0.485 e. The van der Waals surface area contributed by atoms with Gasteiger partial charge in [0.25, 0.3) is 5.69 Å². The van der Waals surface area contributed by atoms with Crippen LogP contribution in [0.2, 0.25) is 0 Å². The average molecular weight is 409 g/mol. The number of alkyl halides is 3. The number of nitro benzene ring substituents is 1. The van der Waals surface area contributed by atoms with Crippen LogP contribution in [0.3, 0.4) is 0 Å². The van der Waals surface area contributed by atoms with E-state index in [2.05, 4.69) is 15.9 Å². The Morgan fingerprint density at radius 1 is 1.23 bits per heavy atom. The van der Waals surface area contributed by atoms with Crippen molar-refractivity contribution in [2.75, 3.05) is 21.1 Å². The summed E-state index contributed by atoms with van der Waals surface area (Å²) in [6.45, 7) is 0. The van der Waals surface area contributed by atoms with Crippen molar-refractivity contribution in [3.05, 3.63) is 32.8 Å². The van der Waals surface area contributed by atoms with Crippen molar-refractivity contribution in [3.8, 4) is 0 Å². The van der Waals surface area contributed by atoms with E-state index < -0.39 is 20.5 Å². The van der Waals surface area contributed by atoms with E-state index in [1.165, 1.54) is 12.1 Å². The average Bonchev–Trinajstić information content (AvgIpc) is 2.24. The number of rotatable bonds is 2. The fourth-order valence-electron chi connectivity index (χ4n) is 1.15. The summed E-state index contributed by atoms with van der Waals surface area (Å²) in [7, 11) is -0.0726. The van der Waals surface area contributed by atoms with Crippen LogP contribution in [-0.2, 0) is 10.1 Å². The Morgan fingerprint density at radius 2 is 1.64 bits per heavy atom. The van der Waals surface area contributed by atoms with Crippen molar-refractivity contribution in [2.24, 2.45) is 0 Å². The second kappa shape index (κ2) is 6.89. The molecule has 0 atom stereocenters. The standard InChI is InChI=1S/C9H12BrN2O2.CHF3O3S/c1-12(2,3)9-5-4-7(11(13)14)6-8(9)10;2-1(3,4)8(5,6)7/h4-6H,1-3H3;(H,5,6,7)/q+1;/p-1. The van der Waals surface area contributed by atoms with E-state index in [1.54, 1.807) is 6.07 Å². The molecule has 0 saturated heterocycles. The molecule has 1 aromatic carbocycles. The minimum Gasteiger partial charge on any atom is -0.741 e. The molecule has 0 heterocycles. The van der Waals surface area contributed by atoms with Gasteiger partial charge in [0.15, 0.2) is 10.1 Å². The van der Waals surface area contributed by atoms with Gasteiger partial charge in [0.05, 0.1) is 30.5 Å². The Balaban J connectivity index is 0.000000472. The molecule has 0 aliphatic heterocycles. The van der Waals surface area contributed by atoms with E-state index >= 15 is 0 Å². The number of benzene rings is 1. The Kier molecular flexibility index (Phi) is 6.51. The third-order valence-electron chi connectivity index (χ3n) is 2.15. The number of hydrogen-bond donors (Lipinski definition) is 0. The first-order chi connectivity index (χ1) is 9.57. The predicted octanol–water partition coefficient (Wildman–Crippen LogP) is 2.61. The van der Waals surface area contributed by atoms with Crippen LogP contribution in [0.15, 0.2) is 22.7 Å². The zero-order chi connectivity index (χ0) is 17.9. The Labute approximate surface area is 133 Å². The fourth-order valence-corrected chi connectivity index (χ4v) is 2.05. The zero-order valence-electron chi connectivity index (χ0n) is 11.6. The molecule has 7 nitrogen and oxygen atoms in total. The molecule has 1 aromatic rings. The monoisotopic (exact) mass is 408 g/mol. The molecular formula is C10H12BrF3N2O5S. The second-order valence-electron chi connectivity index (χ2n) is 4.81. The molecule has 1 rings (SSSR count). The van der Waals surface area contributed by atoms with Crippen molar-refractivity contribution >= 4 is 37.4 Å². The summed E-state index contributed by atoms with van der Waals surface area (Å²) in [6, 6.07) is 4.81. The van der Waals surface area contributed by atoms with Crippen LogP contribution in [0.25, 0.3) is 0 Å². The molecule has 0 amide bonds. The van der Waals surface area contributed by atoms with Crippen LogP contribution in [0, 0.1) is 10.1 Å². The molecule has 0 aromatic heterocycles. The van der Waals surface area contributed by atoms with Gasteiger partial charge in [0.2, 0.25) is 0 Å². The molecule has 126 valence electrons. The van der Waals surface area contributed by atoms with Crippen molar-refractivity contribution in [1.29, 1.82) is 0 Å². The lowest BCUT2D eigenvalue weighted by atomic mass is 10.2. The summed E-state index contributed by atoms with van der Waals surface area (Å²) in [6.07, 6.45) is 0. The topological polar surface area (TPSA) is 100 Å². The summed E-state index contributed by atoms with van der Waals surface area (Å²) in [4.78, 5) is 10.1. The number of hydrogen-bond acceptors (Lipinski definition) is 5. The molecule has 0 N–H and O–H groups in total. The van der Waals surface area contributed by atoms with Gasteiger partial charge in [-0.2, -0.15) is 13.2 Å². The Bertz CT molecular complexity index is 656. The third-order valence-corrected chi connectivity index (χ3v) is 3.35. The van der Waals surface area contributed by atoms with Crippen LogP contribution in [0.1, 0.15) is 0 Å². The Morgan fingerprint density at radius 3 is 1.86 bits per heavy atom. The molecule has 0 spiro atoms. The van der Waals surface area contributed by atoms with Gasteiger partial charge in [-0.1, -0.05) is 0 Å². The number of non-ortho nitro benzene ring substituents is 1. The number of nitro groups is 1. The maximum absolute atomic E-state index is 10.7. The van der Waals surface area contributed by atoms with Crippen LogP contribution in [0.5, 0.6) is 0 Å². The maximum Gasteiger partial charge on any atom is 0.485 e.